The third-order valence-corrected chi connectivity index (χ3v) is 6.79. The normalized spacial score (nSPS) is 22.2. The molecule has 12 heteroatoms. The lowest BCUT2D eigenvalue weighted by Crippen LogP contribution is -2.50. The Bertz CT molecular complexity index is 1280. The summed E-state index contributed by atoms with van der Waals surface area (Å²) < 4.78 is 40.4. The number of halogens is 3. The van der Waals surface area contributed by atoms with Gasteiger partial charge < -0.3 is 15.5 Å². The van der Waals surface area contributed by atoms with Crippen molar-refractivity contribution >= 4 is 34.3 Å². The SMILES string of the molecule is Cc1nc(N[C@H]2C[C@@H](Cn3ncc4cc(C(F)(F)F)ncc43)C2)nc2c1NC(=O)C(C(C)C)N2C. The lowest BCUT2D eigenvalue weighted by molar-refractivity contribution is -0.141. The zero-order valence-electron chi connectivity index (χ0n) is 19.9. The monoisotopic (exact) mass is 488 g/mol. The maximum Gasteiger partial charge on any atom is 0.433 e. The predicted octanol–water partition coefficient (Wildman–Crippen LogP) is 3.85. The van der Waals surface area contributed by atoms with Gasteiger partial charge in [-0.2, -0.15) is 23.3 Å². The Hall–Kier alpha value is -3.44. The van der Waals surface area contributed by atoms with Crippen LogP contribution in [-0.2, 0) is 17.5 Å². The van der Waals surface area contributed by atoms with E-state index in [1.807, 2.05) is 32.7 Å². The molecule has 9 nitrogen and oxygen atoms in total. The number of carbonyl (C=O) groups is 1. The molecule has 3 aromatic rings. The number of hydrogen-bond donors (Lipinski definition) is 2. The van der Waals surface area contributed by atoms with Crippen molar-refractivity contribution in [1.29, 1.82) is 0 Å². The molecule has 0 bridgehead atoms. The number of alkyl halides is 3. The number of carbonyl (C=O) groups excluding carboxylic acids is 1. The Balaban J connectivity index is 1.24. The predicted molar refractivity (Wildman–Crippen MR) is 125 cm³/mol. The Morgan fingerprint density at radius 1 is 1.23 bits per heavy atom. The summed E-state index contributed by atoms with van der Waals surface area (Å²) in [5.41, 5.74) is 1.01. The number of likely N-dealkylation sites (N-methyl/N-ethyl adjacent to an activating group) is 1. The molecule has 1 fully saturated rings. The first-order valence-electron chi connectivity index (χ1n) is 11.6. The minimum Gasteiger partial charge on any atom is -0.351 e. The Morgan fingerprint density at radius 2 is 1.97 bits per heavy atom. The highest BCUT2D eigenvalue weighted by Gasteiger charge is 2.37. The second-order valence-electron chi connectivity index (χ2n) is 9.75. The third-order valence-electron chi connectivity index (χ3n) is 6.79. The highest BCUT2D eigenvalue weighted by molar-refractivity contribution is 6.03. The number of anilines is 3. The molecule has 2 aliphatic rings. The van der Waals surface area contributed by atoms with Gasteiger partial charge in [-0.25, -0.2) is 9.97 Å². The zero-order valence-corrected chi connectivity index (χ0v) is 19.9. The maximum atomic E-state index is 12.9. The Kier molecular flexibility index (Phi) is 5.56. The average Bonchev–Trinajstić information content (AvgIpc) is 3.14. The molecule has 2 N–H and O–H groups in total. The van der Waals surface area contributed by atoms with Crippen LogP contribution in [0.1, 0.15) is 38.1 Å². The molecule has 0 saturated heterocycles. The van der Waals surface area contributed by atoms with Crippen LogP contribution in [0.5, 0.6) is 0 Å². The van der Waals surface area contributed by atoms with Crippen molar-refractivity contribution in [1.82, 2.24) is 24.7 Å². The van der Waals surface area contributed by atoms with E-state index in [1.54, 1.807) is 4.68 Å². The summed E-state index contributed by atoms with van der Waals surface area (Å²) in [5.74, 6) is 1.61. The van der Waals surface area contributed by atoms with Crippen LogP contribution >= 0.6 is 0 Å². The zero-order chi connectivity index (χ0) is 25.1. The number of aryl methyl sites for hydroxylation is 1. The smallest absolute Gasteiger partial charge is 0.351 e. The summed E-state index contributed by atoms with van der Waals surface area (Å²) in [6, 6.07) is 0.908. The minimum absolute atomic E-state index is 0.0554. The number of hydrogen-bond acceptors (Lipinski definition) is 7. The molecule has 3 aromatic heterocycles. The van der Waals surface area contributed by atoms with Crippen LogP contribution in [0, 0.1) is 18.8 Å². The van der Waals surface area contributed by atoms with Crippen molar-refractivity contribution in [2.75, 3.05) is 22.6 Å². The van der Waals surface area contributed by atoms with E-state index in [-0.39, 0.29) is 23.9 Å². The van der Waals surface area contributed by atoms with Crippen LogP contribution in [-0.4, -0.2) is 49.8 Å². The van der Waals surface area contributed by atoms with Gasteiger partial charge in [-0.05, 0) is 37.7 Å². The standard InChI is InChI=1S/C23H27F3N8O/c1-11(2)19-21(35)31-18-12(3)29-22(32-20(18)33(19)4)30-15-5-13(6-15)10-34-16-9-27-17(23(24,25)26)7-14(16)8-28-34/h7-9,11,13,15,19H,5-6,10H2,1-4H3,(H,31,35)(H,29,30,32)/t13-,15+,19?. The van der Waals surface area contributed by atoms with Gasteiger partial charge in [-0.15, -0.1) is 0 Å². The van der Waals surface area contributed by atoms with E-state index >= 15 is 0 Å². The number of pyridine rings is 1. The first kappa shape index (κ1) is 23.3. The Morgan fingerprint density at radius 3 is 2.66 bits per heavy atom. The molecule has 35 heavy (non-hydrogen) atoms. The molecule has 1 aliphatic carbocycles. The molecule has 0 radical (unpaired) electrons. The van der Waals surface area contributed by atoms with Crippen LogP contribution in [0.3, 0.4) is 0 Å². The molecule has 0 spiro atoms. The van der Waals surface area contributed by atoms with Gasteiger partial charge >= 0.3 is 6.18 Å². The average molecular weight is 489 g/mol. The summed E-state index contributed by atoms with van der Waals surface area (Å²) in [7, 11) is 1.87. The number of nitrogens with zero attached hydrogens (tertiary/aromatic N) is 6. The minimum atomic E-state index is -4.48. The van der Waals surface area contributed by atoms with Gasteiger partial charge in [0.05, 0.1) is 23.6 Å². The third kappa shape index (κ3) is 4.25. The van der Waals surface area contributed by atoms with Gasteiger partial charge in [-0.1, -0.05) is 13.8 Å². The fourth-order valence-electron chi connectivity index (χ4n) is 4.99. The van der Waals surface area contributed by atoms with Gasteiger partial charge in [0.1, 0.15) is 17.4 Å². The first-order valence-corrected chi connectivity index (χ1v) is 11.6. The van der Waals surface area contributed by atoms with Gasteiger partial charge in [0.25, 0.3) is 0 Å². The van der Waals surface area contributed by atoms with Crippen LogP contribution in [0.4, 0.5) is 30.6 Å². The molecule has 0 aromatic carbocycles. The largest absolute Gasteiger partial charge is 0.433 e. The summed E-state index contributed by atoms with van der Waals surface area (Å²) in [5, 5.41) is 11.0. The van der Waals surface area contributed by atoms with Crippen molar-refractivity contribution in [2.24, 2.45) is 11.8 Å². The van der Waals surface area contributed by atoms with Crippen LogP contribution in [0.2, 0.25) is 0 Å². The molecule has 1 unspecified atom stereocenters. The molecule has 186 valence electrons. The van der Waals surface area contributed by atoms with Crippen molar-refractivity contribution < 1.29 is 18.0 Å². The van der Waals surface area contributed by atoms with Gasteiger partial charge in [0.2, 0.25) is 11.9 Å². The van der Waals surface area contributed by atoms with E-state index in [0.29, 0.717) is 46.5 Å². The van der Waals surface area contributed by atoms with E-state index in [2.05, 4.69) is 30.7 Å². The van der Waals surface area contributed by atoms with Crippen LogP contribution < -0.4 is 15.5 Å². The topological polar surface area (TPSA) is 101 Å². The van der Waals surface area contributed by atoms with E-state index in [9.17, 15) is 18.0 Å². The molecule has 1 amide bonds. The Labute approximate surface area is 200 Å². The molecular weight excluding hydrogens is 461 g/mol. The van der Waals surface area contributed by atoms with Gasteiger partial charge in [-0.3, -0.25) is 9.48 Å². The lowest BCUT2D eigenvalue weighted by atomic mass is 9.80. The summed E-state index contributed by atoms with van der Waals surface area (Å²) >= 11 is 0. The number of nitrogens with one attached hydrogen (secondary N) is 2. The van der Waals surface area contributed by atoms with E-state index in [0.717, 1.165) is 18.9 Å². The molecule has 1 saturated carbocycles. The fraction of sp³-hybridized carbons (Fsp3) is 0.522. The number of amides is 1. The molecular formula is C23H27F3N8O. The maximum absolute atomic E-state index is 12.9. The van der Waals surface area contributed by atoms with Crippen LogP contribution in [0.25, 0.3) is 10.9 Å². The van der Waals surface area contributed by atoms with E-state index in [1.165, 1.54) is 12.4 Å². The van der Waals surface area contributed by atoms with Gasteiger partial charge in [0.15, 0.2) is 5.82 Å². The van der Waals surface area contributed by atoms with Crippen LogP contribution in [0.15, 0.2) is 18.5 Å². The summed E-state index contributed by atoms with van der Waals surface area (Å²) in [6.07, 6.45) is -0.0738. The second-order valence-corrected chi connectivity index (χ2v) is 9.75. The van der Waals surface area contributed by atoms with Crippen molar-refractivity contribution in [3.63, 3.8) is 0 Å². The van der Waals surface area contributed by atoms with E-state index in [4.69, 9.17) is 0 Å². The number of rotatable bonds is 5. The van der Waals surface area contributed by atoms with Crippen molar-refractivity contribution in [3.8, 4) is 0 Å². The summed E-state index contributed by atoms with van der Waals surface area (Å²) in [4.78, 5) is 27.2. The quantitative estimate of drug-likeness (QED) is 0.563. The van der Waals surface area contributed by atoms with Gasteiger partial charge in [0, 0.05) is 25.0 Å². The fourth-order valence-corrected chi connectivity index (χ4v) is 4.99. The molecule has 5 rings (SSSR count). The molecule has 1 aliphatic heterocycles. The second kappa shape index (κ2) is 8.35. The van der Waals surface area contributed by atoms with Crippen molar-refractivity contribution in [3.05, 3.63) is 29.8 Å². The number of fused-ring (bicyclic) bond motifs is 2. The number of aromatic nitrogens is 5. The van der Waals surface area contributed by atoms with E-state index < -0.39 is 11.9 Å². The molecule has 1 atom stereocenters. The highest BCUT2D eigenvalue weighted by Crippen LogP contribution is 2.36. The highest BCUT2D eigenvalue weighted by atomic mass is 19.4. The lowest BCUT2D eigenvalue weighted by Gasteiger charge is -2.38. The first-order chi connectivity index (χ1) is 16.5. The summed E-state index contributed by atoms with van der Waals surface area (Å²) in [6.45, 7) is 6.45. The molecule has 4 heterocycles. The van der Waals surface area contributed by atoms with Crippen molar-refractivity contribution in [2.45, 2.75) is 58.4 Å².